The molecule has 0 unspecified atom stereocenters. The molecular weight excluding hydrogens is 476 g/mol. The minimum Gasteiger partial charge on any atom is -0.308 e. The third-order valence-corrected chi connectivity index (χ3v) is 6.90. The first kappa shape index (κ1) is 25.9. The van der Waals surface area contributed by atoms with E-state index in [9.17, 15) is 9.18 Å². The zero-order valence-corrected chi connectivity index (χ0v) is 20.9. The van der Waals surface area contributed by atoms with Crippen molar-refractivity contribution in [2.24, 2.45) is 0 Å². The number of hydrogen-bond donors (Lipinski definition) is 0. The number of nitrogens with zero attached hydrogens (tertiary/aromatic N) is 3. The van der Waals surface area contributed by atoms with Gasteiger partial charge >= 0.3 is 0 Å². The summed E-state index contributed by atoms with van der Waals surface area (Å²) in [6.45, 7) is 3.33. The molecule has 0 N–H and O–H groups in total. The fraction of sp³-hybridized carbons (Fsp3) is 0.364. The van der Waals surface area contributed by atoms with Crippen LogP contribution in [0.5, 0.6) is 0 Å². The maximum Gasteiger partial charge on any atom is 0.228 e. The van der Waals surface area contributed by atoms with Gasteiger partial charge in [0.1, 0.15) is 5.82 Å². The van der Waals surface area contributed by atoms with Crippen molar-refractivity contribution in [3.05, 3.63) is 52.8 Å². The SMILES string of the molecule is Cc1cc(Cl)cc2sc(N(CCN(C)C)C(=O)CCCSc3ccc(F)cc3)nc12.Cl. The van der Waals surface area contributed by atoms with Gasteiger partial charge in [0.15, 0.2) is 5.13 Å². The second-order valence-corrected chi connectivity index (χ2v) is 9.93. The van der Waals surface area contributed by atoms with E-state index in [0.29, 0.717) is 23.1 Å². The van der Waals surface area contributed by atoms with Gasteiger partial charge in [0, 0.05) is 29.4 Å². The Hall–Kier alpha value is -1.38. The number of fused-ring (bicyclic) bond motifs is 1. The van der Waals surface area contributed by atoms with E-state index < -0.39 is 0 Å². The molecule has 3 rings (SSSR count). The molecule has 0 aliphatic heterocycles. The van der Waals surface area contributed by atoms with E-state index in [1.807, 2.05) is 33.2 Å². The predicted molar refractivity (Wildman–Crippen MR) is 134 cm³/mol. The molecule has 0 saturated carbocycles. The average Bonchev–Trinajstić information content (AvgIpc) is 3.10. The Morgan fingerprint density at radius 3 is 2.58 bits per heavy atom. The van der Waals surface area contributed by atoms with Crippen molar-refractivity contribution in [3.63, 3.8) is 0 Å². The van der Waals surface area contributed by atoms with Crippen LogP contribution in [-0.4, -0.2) is 48.7 Å². The molecule has 1 amide bonds. The quantitative estimate of drug-likeness (QED) is 0.255. The zero-order chi connectivity index (χ0) is 21.7. The topological polar surface area (TPSA) is 36.4 Å². The number of anilines is 1. The van der Waals surface area contributed by atoms with Gasteiger partial charge < -0.3 is 4.90 Å². The highest BCUT2D eigenvalue weighted by Crippen LogP contribution is 2.33. The van der Waals surface area contributed by atoms with Gasteiger partial charge in [-0.05, 0) is 75.2 Å². The number of thiazole rings is 1. The third kappa shape index (κ3) is 7.32. The summed E-state index contributed by atoms with van der Waals surface area (Å²) in [6.07, 6.45) is 1.19. The van der Waals surface area contributed by atoms with Crippen LogP contribution in [0.1, 0.15) is 18.4 Å². The van der Waals surface area contributed by atoms with Gasteiger partial charge in [-0.1, -0.05) is 22.9 Å². The molecule has 1 aromatic heterocycles. The second-order valence-electron chi connectivity index (χ2n) is 7.32. The van der Waals surface area contributed by atoms with E-state index in [4.69, 9.17) is 16.6 Å². The van der Waals surface area contributed by atoms with E-state index in [1.54, 1.807) is 28.8 Å². The van der Waals surface area contributed by atoms with E-state index in [-0.39, 0.29) is 24.1 Å². The number of hydrogen-bond acceptors (Lipinski definition) is 5. The maximum atomic E-state index is 13.0. The van der Waals surface area contributed by atoms with Gasteiger partial charge in [-0.2, -0.15) is 0 Å². The third-order valence-electron chi connectivity index (χ3n) is 4.56. The van der Waals surface area contributed by atoms with Gasteiger partial charge in [0.2, 0.25) is 5.91 Å². The first-order chi connectivity index (χ1) is 14.3. The molecule has 3 aromatic rings. The van der Waals surface area contributed by atoms with Crippen molar-refractivity contribution in [1.82, 2.24) is 9.88 Å². The van der Waals surface area contributed by atoms with E-state index in [1.165, 1.54) is 23.5 Å². The number of aromatic nitrogens is 1. The van der Waals surface area contributed by atoms with Crippen LogP contribution in [0.2, 0.25) is 5.02 Å². The van der Waals surface area contributed by atoms with E-state index >= 15 is 0 Å². The summed E-state index contributed by atoms with van der Waals surface area (Å²) in [5, 5.41) is 1.40. The molecule has 168 valence electrons. The molecule has 9 heteroatoms. The van der Waals surface area contributed by atoms with Crippen LogP contribution >= 0.6 is 47.1 Å². The zero-order valence-electron chi connectivity index (χ0n) is 17.7. The summed E-state index contributed by atoms with van der Waals surface area (Å²) in [5.41, 5.74) is 1.91. The lowest BCUT2D eigenvalue weighted by Gasteiger charge is -2.22. The Kier molecular flexibility index (Phi) is 10.0. The predicted octanol–water partition coefficient (Wildman–Crippen LogP) is 6.29. The summed E-state index contributed by atoms with van der Waals surface area (Å²) in [7, 11) is 3.98. The van der Waals surface area contributed by atoms with Crippen LogP contribution in [0.4, 0.5) is 9.52 Å². The molecule has 0 fully saturated rings. The lowest BCUT2D eigenvalue weighted by molar-refractivity contribution is -0.118. The molecular formula is C22H26Cl2FN3OS2. The van der Waals surface area contributed by atoms with Crippen LogP contribution in [0.3, 0.4) is 0 Å². The number of aryl methyl sites for hydroxylation is 1. The van der Waals surface area contributed by atoms with Crippen LogP contribution in [0.25, 0.3) is 10.2 Å². The Morgan fingerprint density at radius 2 is 1.90 bits per heavy atom. The Bertz CT molecular complexity index is 1010. The van der Waals surface area contributed by atoms with Crippen LogP contribution in [0, 0.1) is 12.7 Å². The van der Waals surface area contributed by atoms with Crippen LogP contribution in [-0.2, 0) is 4.79 Å². The van der Waals surface area contributed by atoms with E-state index in [0.717, 1.165) is 39.4 Å². The normalized spacial score (nSPS) is 11.0. The van der Waals surface area contributed by atoms with Crippen molar-refractivity contribution in [1.29, 1.82) is 0 Å². The molecule has 0 saturated heterocycles. The molecule has 31 heavy (non-hydrogen) atoms. The minimum atomic E-state index is -0.238. The number of thioether (sulfide) groups is 1. The molecule has 0 bridgehead atoms. The molecule has 1 heterocycles. The highest BCUT2D eigenvalue weighted by Gasteiger charge is 2.20. The van der Waals surface area contributed by atoms with Crippen molar-refractivity contribution in [2.75, 3.05) is 37.8 Å². The standard InChI is InChI=1S/C22H25ClFN3OS2.ClH/c1-15-13-16(23)14-19-21(15)25-22(30-19)27(11-10-26(2)3)20(28)5-4-12-29-18-8-6-17(24)7-9-18;/h6-9,13-14H,4-5,10-12H2,1-3H3;1H. The Labute approximate surface area is 202 Å². The number of carbonyl (C=O) groups is 1. The van der Waals surface area contributed by atoms with Gasteiger partial charge in [0.25, 0.3) is 0 Å². The fourth-order valence-corrected chi connectivity index (χ4v) is 5.28. The van der Waals surface area contributed by atoms with Crippen molar-refractivity contribution in [3.8, 4) is 0 Å². The Balaban J connectivity index is 0.00000341. The summed E-state index contributed by atoms with van der Waals surface area (Å²) in [6, 6.07) is 10.2. The van der Waals surface area contributed by atoms with E-state index in [2.05, 4.69) is 4.90 Å². The Morgan fingerprint density at radius 1 is 1.19 bits per heavy atom. The van der Waals surface area contributed by atoms with Crippen LogP contribution < -0.4 is 4.90 Å². The van der Waals surface area contributed by atoms with Crippen molar-refractivity contribution < 1.29 is 9.18 Å². The smallest absolute Gasteiger partial charge is 0.228 e. The molecule has 4 nitrogen and oxygen atoms in total. The molecule has 0 aliphatic carbocycles. The van der Waals surface area contributed by atoms with Gasteiger partial charge in [-0.3, -0.25) is 9.69 Å². The molecule has 0 spiro atoms. The molecule has 2 aromatic carbocycles. The van der Waals surface area contributed by atoms with Crippen molar-refractivity contribution >= 4 is 68.4 Å². The van der Waals surface area contributed by atoms with Crippen molar-refractivity contribution in [2.45, 2.75) is 24.7 Å². The van der Waals surface area contributed by atoms with Crippen LogP contribution in [0.15, 0.2) is 41.3 Å². The monoisotopic (exact) mass is 501 g/mol. The van der Waals surface area contributed by atoms with Gasteiger partial charge in [-0.15, -0.1) is 24.2 Å². The first-order valence-electron chi connectivity index (χ1n) is 9.73. The maximum absolute atomic E-state index is 13.0. The number of likely N-dealkylation sites (N-methyl/N-ethyl adjacent to an activating group) is 1. The first-order valence-corrected chi connectivity index (χ1v) is 11.9. The number of amides is 1. The highest BCUT2D eigenvalue weighted by atomic mass is 35.5. The number of carbonyl (C=O) groups excluding carboxylic acids is 1. The molecule has 0 radical (unpaired) electrons. The molecule has 0 atom stereocenters. The summed E-state index contributed by atoms with van der Waals surface area (Å²) < 4.78 is 14.0. The lowest BCUT2D eigenvalue weighted by Crippen LogP contribution is -2.36. The number of halogens is 3. The number of benzene rings is 2. The largest absolute Gasteiger partial charge is 0.308 e. The minimum absolute atomic E-state index is 0. The van der Waals surface area contributed by atoms with Gasteiger partial charge in [-0.25, -0.2) is 9.37 Å². The second kappa shape index (κ2) is 12.0. The highest BCUT2D eigenvalue weighted by molar-refractivity contribution is 7.99. The molecule has 0 aliphatic rings. The lowest BCUT2D eigenvalue weighted by atomic mass is 10.2. The summed E-state index contributed by atoms with van der Waals surface area (Å²) in [4.78, 5) is 22.6. The summed E-state index contributed by atoms with van der Waals surface area (Å²) >= 11 is 9.32. The van der Waals surface area contributed by atoms with Gasteiger partial charge in [0.05, 0.1) is 10.2 Å². The average molecular weight is 503 g/mol. The summed E-state index contributed by atoms with van der Waals surface area (Å²) in [5.74, 6) is 0.630. The fourth-order valence-electron chi connectivity index (χ4n) is 2.96. The number of rotatable bonds is 9.